The van der Waals surface area contributed by atoms with Gasteiger partial charge < -0.3 is 9.40 Å². The molecule has 98 valence electrons. The van der Waals surface area contributed by atoms with Crippen molar-refractivity contribution in [3.63, 3.8) is 0 Å². The summed E-state index contributed by atoms with van der Waals surface area (Å²) >= 11 is 0. The highest BCUT2D eigenvalue weighted by Gasteiger charge is 2.08. The van der Waals surface area contributed by atoms with Crippen LogP contribution in [0.5, 0.6) is 0 Å². The second-order valence-corrected chi connectivity index (χ2v) is 4.60. The van der Waals surface area contributed by atoms with Crippen LogP contribution >= 0.6 is 0 Å². The van der Waals surface area contributed by atoms with Gasteiger partial charge in [0.15, 0.2) is 0 Å². The molecule has 4 rings (SSSR count). The maximum absolute atomic E-state index is 5.33. The third kappa shape index (κ3) is 1.80. The first kappa shape index (κ1) is 11.0. The van der Waals surface area contributed by atoms with Crippen LogP contribution in [0.1, 0.15) is 5.76 Å². The average Bonchev–Trinajstić information content (AvgIpc) is 3.19. The largest absolute Gasteiger partial charge is 0.467 e. The zero-order valence-corrected chi connectivity index (χ0v) is 10.7. The van der Waals surface area contributed by atoms with E-state index in [1.807, 2.05) is 47.5 Å². The summed E-state index contributed by atoms with van der Waals surface area (Å²) in [6.45, 7) is 0.633. The number of fused-ring (bicyclic) bond motifs is 1. The number of rotatable bonds is 3. The topological polar surface area (TPSA) is 59.6 Å². The number of hydrogen-bond donors (Lipinski definition) is 1. The normalized spacial score (nSPS) is 11.2. The summed E-state index contributed by atoms with van der Waals surface area (Å²) < 4.78 is 7.20. The maximum Gasteiger partial charge on any atom is 0.137 e. The quantitative estimate of drug-likeness (QED) is 0.618. The number of aromatic amines is 1. The zero-order valence-electron chi connectivity index (χ0n) is 10.7. The third-order valence-electron chi connectivity index (χ3n) is 3.30. The molecule has 0 amide bonds. The van der Waals surface area contributed by atoms with Crippen LogP contribution in [0, 0.1) is 0 Å². The smallest absolute Gasteiger partial charge is 0.137 e. The van der Waals surface area contributed by atoms with Gasteiger partial charge in [0, 0.05) is 29.5 Å². The summed E-state index contributed by atoms with van der Waals surface area (Å²) in [6, 6.07) is 7.86. The van der Waals surface area contributed by atoms with E-state index in [4.69, 9.17) is 4.42 Å². The highest BCUT2D eigenvalue weighted by Crippen LogP contribution is 2.26. The van der Waals surface area contributed by atoms with Crippen LogP contribution in [0.2, 0.25) is 0 Å². The van der Waals surface area contributed by atoms with Crippen LogP contribution in [0.15, 0.2) is 59.7 Å². The van der Waals surface area contributed by atoms with E-state index in [0.29, 0.717) is 6.54 Å². The van der Waals surface area contributed by atoms with Crippen molar-refractivity contribution in [2.45, 2.75) is 6.54 Å². The van der Waals surface area contributed by atoms with E-state index in [9.17, 15) is 0 Å². The van der Waals surface area contributed by atoms with Gasteiger partial charge in [0.25, 0.3) is 0 Å². The standard InChI is InChI=1S/C15H12N4O/c1-2-12(20-7-1)10-19-9-11(8-18-19)13-3-5-16-15-14(13)4-6-17-15/h1-9H,10H2,(H,16,17). The van der Waals surface area contributed by atoms with Gasteiger partial charge in [-0.05, 0) is 29.8 Å². The lowest BCUT2D eigenvalue weighted by atomic mass is 10.1. The summed E-state index contributed by atoms with van der Waals surface area (Å²) in [4.78, 5) is 7.42. The molecular formula is C15H12N4O. The van der Waals surface area contributed by atoms with Gasteiger partial charge in [-0.25, -0.2) is 4.98 Å². The van der Waals surface area contributed by atoms with E-state index >= 15 is 0 Å². The van der Waals surface area contributed by atoms with Crippen molar-refractivity contribution in [2.24, 2.45) is 0 Å². The van der Waals surface area contributed by atoms with Crippen molar-refractivity contribution in [3.8, 4) is 11.1 Å². The fraction of sp³-hybridized carbons (Fsp3) is 0.0667. The third-order valence-corrected chi connectivity index (χ3v) is 3.30. The number of aromatic nitrogens is 4. The Kier molecular flexibility index (Phi) is 2.42. The van der Waals surface area contributed by atoms with E-state index < -0.39 is 0 Å². The van der Waals surface area contributed by atoms with E-state index in [2.05, 4.69) is 15.1 Å². The Balaban J connectivity index is 1.72. The monoisotopic (exact) mass is 264 g/mol. The van der Waals surface area contributed by atoms with Gasteiger partial charge in [-0.1, -0.05) is 0 Å². The lowest BCUT2D eigenvalue weighted by Gasteiger charge is -1.99. The second kappa shape index (κ2) is 4.38. The van der Waals surface area contributed by atoms with Gasteiger partial charge >= 0.3 is 0 Å². The lowest BCUT2D eigenvalue weighted by molar-refractivity contribution is 0.480. The molecular weight excluding hydrogens is 252 g/mol. The van der Waals surface area contributed by atoms with Gasteiger partial charge in [0.2, 0.25) is 0 Å². The second-order valence-electron chi connectivity index (χ2n) is 4.60. The molecule has 1 N–H and O–H groups in total. The number of pyridine rings is 1. The Morgan fingerprint density at radius 1 is 1.25 bits per heavy atom. The number of furan rings is 1. The van der Waals surface area contributed by atoms with Crippen LogP contribution in [-0.2, 0) is 6.54 Å². The summed E-state index contributed by atoms with van der Waals surface area (Å²) in [7, 11) is 0. The van der Waals surface area contributed by atoms with Gasteiger partial charge in [0.1, 0.15) is 11.4 Å². The molecule has 0 saturated carbocycles. The Bertz CT molecular complexity index is 842. The molecule has 5 heteroatoms. The number of hydrogen-bond acceptors (Lipinski definition) is 3. The predicted octanol–water partition coefficient (Wildman–Crippen LogP) is 3.07. The first-order valence-corrected chi connectivity index (χ1v) is 6.37. The Morgan fingerprint density at radius 2 is 2.25 bits per heavy atom. The molecule has 0 aliphatic rings. The van der Waals surface area contributed by atoms with Gasteiger partial charge in [0.05, 0.1) is 19.0 Å². The molecule has 0 aromatic carbocycles. The predicted molar refractivity (Wildman–Crippen MR) is 75.1 cm³/mol. The van der Waals surface area contributed by atoms with Crippen molar-refractivity contribution in [1.29, 1.82) is 0 Å². The highest BCUT2D eigenvalue weighted by atomic mass is 16.3. The van der Waals surface area contributed by atoms with Gasteiger partial charge in [-0.3, -0.25) is 4.68 Å². The number of H-pyrrole nitrogens is 1. The molecule has 0 radical (unpaired) electrons. The summed E-state index contributed by atoms with van der Waals surface area (Å²) in [5.74, 6) is 0.890. The molecule has 5 nitrogen and oxygen atoms in total. The summed E-state index contributed by atoms with van der Waals surface area (Å²) in [5, 5.41) is 5.49. The molecule has 20 heavy (non-hydrogen) atoms. The lowest BCUT2D eigenvalue weighted by Crippen LogP contribution is -1.97. The molecule has 4 aromatic rings. The minimum atomic E-state index is 0.633. The average molecular weight is 264 g/mol. The maximum atomic E-state index is 5.33. The van der Waals surface area contributed by atoms with Crippen LogP contribution in [0.4, 0.5) is 0 Å². The Hall–Kier alpha value is -2.82. The fourth-order valence-electron chi connectivity index (χ4n) is 2.36. The molecule has 0 aliphatic carbocycles. The van der Waals surface area contributed by atoms with Crippen molar-refractivity contribution in [2.75, 3.05) is 0 Å². The van der Waals surface area contributed by atoms with Crippen molar-refractivity contribution in [3.05, 3.63) is 61.1 Å². The van der Waals surface area contributed by atoms with Crippen molar-refractivity contribution >= 4 is 11.0 Å². The van der Waals surface area contributed by atoms with Crippen LogP contribution in [0.3, 0.4) is 0 Å². The SMILES string of the molecule is c1coc(Cn2cc(-c3ccnc4[nH]ccc34)cn2)c1. The Morgan fingerprint density at radius 3 is 3.15 bits per heavy atom. The van der Waals surface area contributed by atoms with Crippen molar-refractivity contribution in [1.82, 2.24) is 19.7 Å². The minimum Gasteiger partial charge on any atom is -0.467 e. The first-order valence-electron chi connectivity index (χ1n) is 6.37. The molecule has 0 atom stereocenters. The molecule has 0 spiro atoms. The minimum absolute atomic E-state index is 0.633. The fourth-order valence-corrected chi connectivity index (χ4v) is 2.36. The molecule has 0 saturated heterocycles. The van der Waals surface area contributed by atoms with Gasteiger partial charge in [-0.2, -0.15) is 5.10 Å². The zero-order chi connectivity index (χ0) is 13.4. The van der Waals surface area contributed by atoms with Gasteiger partial charge in [-0.15, -0.1) is 0 Å². The number of nitrogens with one attached hydrogen (secondary N) is 1. The van der Waals surface area contributed by atoms with Crippen LogP contribution in [0.25, 0.3) is 22.2 Å². The summed E-state index contributed by atoms with van der Waals surface area (Å²) in [6.07, 6.45) is 9.26. The molecule has 0 fully saturated rings. The first-order chi connectivity index (χ1) is 9.90. The molecule has 4 aromatic heterocycles. The molecule has 4 heterocycles. The van der Waals surface area contributed by atoms with Crippen LogP contribution in [-0.4, -0.2) is 19.7 Å². The number of nitrogens with zero attached hydrogens (tertiary/aromatic N) is 3. The molecule has 0 bridgehead atoms. The van der Waals surface area contributed by atoms with Crippen molar-refractivity contribution < 1.29 is 4.42 Å². The van der Waals surface area contributed by atoms with E-state index in [0.717, 1.165) is 27.9 Å². The van der Waals surface area contributed by atoms with Crippen LogP contribution < -0.4 is 0 Å². The van der Waals surface area contributed by atoms with E-state index in [1.165, 1.54) is 0 Å². The Labute approximate surface area is 114 Å². The highest BCUT2D eigenvalue weighted by molar-refractivity contribution is 5.92. The van der Waals surface area contributed by atoms with E-state index in [-0.39, 0.29) is 0 Å². The molecule has 0 aliphatic heterocycles. The summed E-state index contributed by atoms with van der Waals surface area (Å²) in [5.41, 5.74) is 3.09. The molecule has 0 unspecified atom stereocenters. The van der Waals surface area contributed by atoms with E-state index in [1.54, 1.807) is 12.5 Å².